The highest BCUT2D eigenvalue weighted by Crippen LogP contribution is 2.29. The number of thioether (sulfide) groups is 1. The fraction of sp³-hybridized carbons (Fsp3) is 0.316. The number of anilines is 1. The van der Waals surface area contributed by atoms with Crippen molar-refractivity contribution in [3.63, 3.8) is 0 Å². The number of hydrogen-bond donors (Lipinski definition) is 1. The molecule has 5 heteroatoms. The van der Waals surface area contributed by atoms with Gasteiger partial charge in [0.15, 0.2) is 0 Å². The van der Waals surface area contributed by atoms with Crippen LogP contribution in [0.4, 0.5) is 14.5 Å². The number of nitrogens with one attached hydrogen (secondary N) is 1. The number of para-hydroxylation sites is 1. The van der Waals surface area contributed by atoms with Crippen molar-refractivity contribution in [1.82, 2.24) is 0 Å². The zero-order valence-corrected chi connectivity index (χ0v) is 14.8. The molecule has 0 aliphatic carbocycles. The van der Waals surface area contributed by atoms with Crippen molar-refractivity contribution < 1.29 is 13.6 Å². The first-order chi connectivity index (χ1) is 11.4. The first-order valence-corrected chi connectivity index (χ1v) is 8.81. The first kappa shape index (κ1) is 18.5. The minimum atomic E-state index is -0.653. The van der Waals surface area contributed by atoms with Crippen molar-refractivity contribution >= 4 is 23.4 Å². The van der Waals surface area contributed by atoms with E-state index in [0.29, 0.717) is 5.92 Å². The number of carbonyl (C=O) groups excluding carboxylic acids is 1. The average molecular weight is 349 g/mol. The van der Waals surface area contributed by atoms with Crippen LogP contribution in [0.2, 0.25) is 0 Å². The first-order valence-electron chi connectivity index (χ1n) is 7.93. The summed E-state index contributed by atoms with van der Waals surface area (Å²) in [5, 5.41) is 2.42. The Morgan fingerprint density at radius 2 is 1.88 bits per heavy atom. The number of carbonyl (C=O) groups is 1. The molecule has 2 nitrogen and oxygen atoms in total. The SMILES string of the molecule is CC[C@@H](C)c1ccccc1NC(=O)[C@@H](C)Sc1ccc(F)cc1F. The van der Waals surface area contributed by atoms with Crippen LogP contribution < -0.4 is 5.32 Å². The molecular weight excluding hydrogens is 328 g/mol. The number of benzene rings is 2. The third-order valence-corrected chi connectivity index (χ3v) is 5.08. The van der Waals surface area contributed by atoms with Crippen molar-refractivity contribution in [3.8, 4) is 0 Å². The Balaban J connectivity index is 2.09. The van der Waals surface area contributed by atoms with Crippen LogP contribution in [-0.4, -0.2) is 11.2 Å². The normalized spacial score (nSPS) is 13.4. The average Bonchev–Trinajstić information content (AvgIpc) is 2.57. The summed E-state index contributed by atoms with van der Waals surface area (Å²) in [4.78, 5) is 12.7. The summed E-state index contributed by atoms with van der Waals surface area (Å²) < 4.78 is 26.7. The minimum Gasteiger partial charge on any atom is -0.325 e. The van der Waals surface area contributed by atoms with Crippen LogP contribution >= 0.6 is 11.8 Å². The third kappa shape index (κ3) is 4.57. The molecule has 0 aliphatic rings. The quantitative estimate of drug-likeness (QED) is 0.688. The molecule has 2 aromatic rings. The Kier molecular flexibility index (Phi) is 6.37. The van der Waals surface area contributed by atoms with Crippen molar-refractivity contribution in [2.45, 2.75) is 43.3 Å². The van der Waals surface area contributed by atoms with Gasteiger partial charge in [-0.3, -0.25) is 4.79 Å². The Morgan fingerprint density at radius 3 is 2.54 bits per heavy atom. The van der Waals surface area contributed by atoms with E-state index in [1.54, 1.807) is 6.92 Å². The predicted molar refractivity (Wildman–Crippen MR) is 95.5 cm³/mol. The largest absolute Gasteiger partial charge is 0.325 e. The molecule has 0 saturated heterocycles. The van der Waals surface area contributed by atoms with E-state index in [0.717, 1.165) is 35.5 Å². The van der Waals surface area contributed by atoms with Crippen LogP contribution in [0.1, 0.15) is 38.7 Å². The van der Waals surface area contributed by atoms with Gasteiger partial charge < -0.3 is 5.32 Å². The van der Waals surface area contributed by atoms with Crippen LogP contribution in [0.5, 0.6) is 0 Å². The second-order valence-electron chi connectivity index (χ2n) is 5.72. The maximum Gasteiger partial charge on any atom is 0.237 e. The van der Waals surface area contributed by atoms with E-state index in [2.05, 4.69) is 19.2 Å². The molecule has 0 spiro atoms. The molecule has 0 bridgehead atoms. The van der Waals surface area contributed by atoms with E-state index in [1.165, 1.54) is 12.1 Å². The van der Waals surface area contributed by atoms with E-state index >= 15 is 0 Å². The van der Waals surface area contributed by atoms with Crippen molar-refractivity contribution in [1.29, 1.82) is 0 Å². The van der Waals surface area contributed by atoms with Gasteiger partial charge >= 0.3 is 0 Å². The van der Waals surface area contributed by atoms with Gasteiger partial charge in [-0.05, 0) is 43.0 Å². The molecule has 1 amide bonds. The van der Waals surface area contributed by atoms with Gasteiger partial charge in [-0.1, -0.05) is 32.0 Å². The molecular formula is C19H21F2NOS. The van der Waals surface area contributed by atoms with Crippen LogP contribution in [-0.2, 0) is 4.79 Å². The zero-order valence-electron chi connectivity index (χ0n) is 14.0. The lowest BCUT2D eigenvalue weighted by atomic mass is 9.97. The van der Waals surface area contributed by atoms with Crippen molar-refractivity contribution in [2.75, 3.05) is 5.32 Å². The number of halogens is 2. The van der Waals surface area contributed by atoms with E-state index in [-0.39, 0.29) is 10.8 Å². The van der Waals surface area contributed by atoms with Crippen molar-refractivity contribution in [2.24, 2.45) is 0 Å². The number of rotatable bonds is 6. The maximum absolute atomic E-state index is 13.7. The van der Waals surface area contributed by atoms with Gasteiger partial charge in [-0.15, -0.1) is 11.8 Å². The number of amides is 1. The third-order valence-electron chi connectivity index (χ3n) is 3.93. The Morgan fingerprint density at radius 1 is 1.17 bits per heavy atom. The van der Waals surface area contributed by atoms with Gasteiger partial charge in [0.25, 0.3) is 0 Å². The lowest BCUT2D eigenvalue weighted by molar-refractivity contribution is -0.115. The van der Waals surface area contributed by atoms with Crippen molar-refractivity contribution in [3.05, 3.63) is 59.7 Å². The van der Waals surface area contributed by atoms with Gasteiger partial charge in [-0.25, -0.2) is 8.78 Å². The van der Waals surface area contributed by atoms with Gasteiger partial charge in [0.1, 0.15) is 11.6 Å². The van der Waals surface area contributed by atoms with Gasteiger partial charge in [0, 0.05) is 16.6 Å². The molecule has 0 heterocycles. The summed E-state index contributed by atoms with van der Waals surface area (Å²) in [5.74, 6) is -1.16. The highest BCUT2D eigenvalue weighted by molar-refractivity contribution is 8.00. The van der Waals surface area contributed by atoms with Crippen LogP contribution in [0.3, 0.4) is 0 Å². The van der Waals surface area contributed by atoms with E-state index in [9.17, 15) is 13.6 Å². The van der Waals surface area contributed by atoms with Crippen LogP contribution in [0, 0.1) is 11.6 Å². The summed E-state index contributed by atoms with van der Waals surface area (Å²) in [6, 6.07) is 11.1. The fourth-order valence-electron chi connectivity index (χ4n) is 2.31. The molecule has 0 saturated carbocycles. The second-order valence-corrected chi connectivity index (χ2v) is 7.10. The summed E-state index contributed by atoms with van der Waals surface area (Å²) >= 11 is 1.07. The highest BCUT2D eigenvalue weighted by atomic mass is 32.2. The fourth-order valence-corrected chi connectivity index (χ4v) is 3.17. The lowest BCUT2D eigenvalue weighted by Gasteiger charge is -2.18. The molecule has 0 aliphatic heterocycles. The molecule has 0 aromatic heterocycles. The second kappa shape index (κ2) is 8.29. The molecule has 1 N–H and O–H groups in total. The maximum atomic E-state index is 13.7. The zero-order chi connectivity index (χ0) is 17.7. The molecule has 128 valence electrons. The standard InChI is InChI=1S/C19H21F2NOS/c1-4-12(2)15-7-5-6-8-17(15)22-19(23)13(3)24-18-10-9-14(20)11-16(18)21/h5-13H,4H2,1-3H3,(H,22,23)/t12-,13-/m1/s1. The molecule has 0 fully saturated rings. The lowest BCUT2D eigenvalue weighted by Crippen LogP contribution is -2.23. The molecule has 2 atom stereocenters. The summed E-state index contributed by atoms with van der Waals surface area (Å²) in [6.07, 6.45) is 0.970. The highest BCUT2D eigenvalue weighted by Gasteiger charge is 2.18. The summed E-state index contributed by atoms with van der Waals surface area (Å²) in [7, 11) is 0. The Bertz CT molecular complexity index is 720. The Labute approximate surface area is 145 Å². The summed E-state index contributed by atoms with van der Waals surface area (Å²) in [6.45, 7) is 5.91. The van der Waals surface area contributed by atoms with Gasteiger partial charge in [0.05, 0.1) is 5.25 Å². The van der Waals surface area contributed by atoms with Gasteiger partial charge in [0.2, 0.25) is 5.91 Å². The van der Waals surface area contributed by atoms with E-state index in [1.807, 2.05) is 24.3 Å². The molecule has 0 unspecified atom stereocenters. The topological polar surface area (TPSA) is 29.1 Å². The van der Waals surface area contributed by atoms with Crippen LogP contribution in [0.15, 0.2) is 47.4 Å². The molecule has 24 heavy (non-hydrogen) atoms. The smallest absolute Gasteiger partial charge is 0.237 e. The summed E-state index contributed by atoms with van der Waals surface area (Å²) in [5.41, 5.74) is 1.86. The Hall–Kier alpha value is -1.88. The molecule has 0 radical (unpaired) electrons. The van der Waals surface area contributed by atoms with E-state index < -0.39 is 16.9 Å². The molecule has 2 aromatic carbocycles. The minimum absolute atomic E-state index is 0.209. The molecule has 2 rings (SSSR count). The monoisotopic (exact) mass is 349 g/mol. The number of hydrogen-bond acceptors (Lipinski definition) is 2. The predicted octanol–water partition coefficient (Wildman–Crippen LogP) is 5.60. The van der Waals surface area contributed by atoms with Crippen LogP contribution in [0.25, 0.3) is 0 Å². The van der Waals surface area contributed by atoms with E-state index in [4.69, 9.17) is 0 Å². The van der Waals surface area contributed by atoms with Gasteiger partial charge in [-0.2, -0.15) is 0 Å².